The molecule has 6 heteroatoms. The highest BCUT2D eigenvalue weighted by molar-refractivity contribution is 7.23. The van der Waals surface area contributed by atoms with Crippen LogP contribution in [0.15, 0.2) is 11.4 Å². The molecule has 2 heterocycles. The van der Waals surface area contributed by atoms with Gasteiger partial charge in [-0.3, -0.25) is 0 Å². The van der Waals surface area contributed by atoms with Gasteiger partial charge in [0.2, 0.25) is 0 Å². The van der Waals surface area contributed by atoms with E-state index < -0.39 is 0 Å². The first kappa shape index (κ1) is 13.9. The van der Waals surface area contributed by atoms with Crippen LogP contribution >= 0.6 is 22.7 Å². The van der Waals surface area contributed by atoms with Gasteiger partial charge in [-0.2, -0.15) is 0 Å². The number of hydrogen-bond donors (Lipinski definition) is 1. The van der Waals surface area contributed by atoms with E-state index in [-0.39, 0.29) is 5.97 Å². The molecule has 4 nitrogen and oxygen atoms in total. The zero-order valence-electron chi connectivity index (χ0n) is 11.0. The smallest absolute Gasteiger partial charge is 0.350 e. The minimum Gasteiger partial charge on any atom is -0.496 e. The summed E-state index contributed by atoms with van der Waals surface area (Å²) < 4.78 is 9.95. The number of anilines is 1. The number of esters is 1. The molecule has 0 atom stereocenters. The van der Waals surface area contributed by atoms with Crippen LogP contribution in [0.4, 0.5) is 5.69 Å². The Kier molecular flexibility index (Phi) is 4.11. The molecule has 19 heavy (non-hydrogen) atoms. The van der Waals surface area contributed by atoms with E-state index in [1.807, 2.05) is 18.4 Å². The fourth-order valence-corrected chi connectivity index (χ4v) is 4.05. The van der Waals surface area contributed by atoms with Crippen molar-refractivity contribution in [1.29, 1.82) is 0 Å². The molecule has 0 bridgehead atoms. The summed E-state index contributed by atoms with van der Waals surface area (Å²) in [5.74, 6) is 0.431. The number of nitrogens with two attached hydrogens (primary N) is 1. The van der Waals surface area contributed by atoms with Crippen LogP contribution in [-0.4, -0.2) is 20.2 Å². The second kappa shape index (κ2) is 5.63. The number of methoxy groups -OCH3 is 2. The van der Waals surface area contributed by atoms with Crippen LogP contribution in [0.1, 0.15) is 22.2 Å². The molecular formula is C13H15NO3S2. The molecule has 0 aliphatic heterocycles. The van der Waals surface area contributed by atoms with Crippen LogP contribution in [0.3, 0.4) is 0 Å². The molecule has 0 radical (unpaired) electrons. The van der Waals surface area contributed by atoms with Gasteiger partial charge in [-0.25, -0.2) is 4.79 Å². The second-order valence-corrected chi connectivity index (χ2v) is 5.78. The van der Waals surface area contributed by atoms with Crippen molar-refractivity contribution in [1.82, 2.24) is 0 Å². The number of rotatable bonds is 4. The molecule has 2 rings (SSSR count). The lowest BCUT2D eigenvalue weighted by molar-refractivity contribution is 0.0607. The molecule has 2 aromatic heterocycles. The molecule has 0 fully saturated rings. The van der Waals surface area contributed by atoms with Gasteiger partial charge < -0.3 is 15.2 Å². The average Bonchev–Trinajstić information content (AvgIpc) is 3.01. The van der Waals surface area contributed by atoms with E-state index in [4.69, 9.17) is 15.2 Å². The van der Waals surface area contributed by atoms with E-state index in [2.05, 4.69) is 0 Å². The van der Waals surface area contributed by atoms with Gasteiger partial charge in [0.05, 0.1) is 24.8 Å². The molecule has 2 N–H and O–H groups in total. The minimum absolute atomic E-state index is 0.382. The van der Waals surface area contributed by atoms with E-state index in [1.54, 1.807) is 18.4 Å². The van der Waals surface area contributed by atoms with E-state index >= 15 is 0 Å². The van der Waals surface area contributed by atoms with Gasteiger partial charge >= 0.3 is 5.97 Å². The van der Waals surface area contributed by atoms with E-state index in [0.29, 0.717) is 10.6 Å². The molecule has 0 amide bonds. The monoisotopic (exact) mass is 297 g/mol. The number of nitrogen functional groups attached to an aromatic ring is 1. The average molecular weight is 297 g/mol. The maximum atomic E-state index is 11.7. The van der Waals surface area contributed by atoms with E-state index in [1.165, 1.54) is 18.4 Å². The normalized spacial score (nSPS) is 10.5. The quantitative estimate of drug-likeness (QED) is 0.878. The first-order chi connectivity index (χ1) is 9.12. The highest BCUT2D eigenvalue weighted by atomic mass is 32.1. The van der Waals surface area contributed by atoms with Crippen LogP contribution in [0.25, 0.3) is 9.75 Å². The van der Waals surface area contributed by atoms with Crippen molar-refractivity contribution in [2.45, 2.75) is 13.3 Å². The van der Waals surface area contributed by atoms with Crippen molar-refractivity contribution in [3.05, 3.63) is 21.9 Å². The second-order valence-electron chi connectivity index (χ2n) is 3.85. The third-order valence-electron chi connectivity index (χ3n) is 2.81. The first-order valence-electron chi connectivity index (χ1n) is 5.74. The molecule has 0 aliphatic carbocycles. The van der Waals surface area contributed by atoms with Crippen LogP contribution in [0.5, 0.6) is 5.75 Å². The Labute approximate surface area is 119 Å². The SMILES string of the molecule is CCc1c(-c2cc(OC)cs2)sc(C(=O)OC)c1N. The highest BCUT2D eigenvalue weighted by Gasteiger charge is 2.22. The summed E-state index contributed by atoms with van der Waals surface area (Å²) in [6.45, 7) is 2.02. The summed E-state index contributed by atoms with van der Waals surface area (Å²) in [4.78, 5) is 14.2. The fourth-order valence-electron chi connectivity index (χ4n) is 1.82. The van der Waals surface area contributed by atoms with Crippen molar-refractivity contribution in [2.24, 2.45) is 0 Å². The molecular weight excluding hydrogens is 282 g/mol. The van der Waals surface area contributed by atoms with Crippen molar-refractivity contribution in [2.75, 3.05) is 20.0 Å². The Morgan fingerprint density at radius 2 is 2.16 bits per heavy atom. The zero-order valence-corrected chi connectivity index (χ0v) is 12.6. The molecule has 0 saturated carbocycles. The molecule has 0 aliphatic rings. The number of carbonyl (C=O) groups is 1. The summed E-state index contributed by atoms with van der Waals surface area (Å²) in [5, 5.41) is 1.93. The van der Waals surface area contributed by atoms with Crippen molar-refractivity contribution in [3.63, 3.8) is 0 Å². The Balaban J connectivity index is 2.53. The van der Waals surface area contributed by atoms with Crippen LogP contribution in [0.2, 0.25) is 0 Å². The summed E-state index contributed by atoms with van der Waals surface area (Å²) in [6.07, 6.45) is 0.773. The van der Waals surface area contributed by atoms with Crippen LogP contribution in [-0.2, 0) is 11.2 Å². The molecule has 2 aromatic rings. The Morgan fingerprint density at radius 3 is 2.68 bits per heavy atom. The lowest BCUT2D eigenvalue weighted by atomic mass is 10.1. The van der Waals surface area contributed by atoms with Gasteiger partial charge in [-0.05, 0) is 18.1 Å². The predicted octanol–water partition coefficient (Wildman–Crippen LogP) is 3.42. The van der Waals surface area contributed by atoms with Gasteiger partial charge in [0.15, 0.2) is 0 Å². The Morgan fingerprint density at radius 1 is 1.42 bits per heavy atom. The summed E-state index contributed by atoms with van der Waals surface area (Å²) in [7, 11) is 3.00. The van der Waals surface area contributed by atoms with Gasteiger partial charge in [0.1, 0.15) is 10.6 Å². The standard InChI is InChI=1S/C13H15NO3S2/c1-4-8-10(14)12(13(15)17-3)19-11(8)9-5-7(16-2)6-18-9/h5-6H,4,14H2,1-3H3. The first-order valence-corrected chi connectivity index (χ1v) is 7.44. The summed E-state index contributed by atoms with van der Waals surface area (Å²) in [6, 6.07) is 1.95. The van der Waals surface area contributed by atoms with E-state index in [9.17, 15) is 4.79 Å². The van der Waals surface area contributed by atoms with Gasteiger partial charge in [-0.1, -0.05) is 6.92 Å². The van der Waals surface area contributed by atoms with Gasteiger partial charge in [0, 0.05) is 10.3 Å². The highest BCUT2D eigenvalue weighted by Crippen LogP contribution is 2.42. The molecule has 0 saturated heterocycles. The topological polar surface area (TPSA) is 61.5 Å². The maximum absolute atomic E-state index is 11.7. The van der Waals surface area contributed by atoms with Crippen LogP contribution in [0, 0.1) is 0 Å². The van der Waals surface area contributed by atoms with Crippen LogP contribution < -0.4 is 10.5 Å². The lowest BCUT2D eigenvalue weighted by Gasteiger charge is -1.99. The Hall–Kier alpha value is -1.53. The lowest BCUT2D eigenvalue weighted by Crippen LogP contribution is -2.02. The number of ether oxygens (including phenoxy) is 2. The van der Waals surface area contributed by atoms with Crippen molar-refractivity contribution < 1.29 is 14.3 Å². The molecule has 102 valence electrons. The summed E-state index contributed by atoms with van der Waals surface area (Å²) >= 11 is 2.95. The third kappa shape index (κ3) is 2.46. The molecule has 0 spiro atoms. The third-order valence-corrected chi connectivity index (χ3v) is 5.12. The largest absolute Gasteiger partial charge is 0.496 e. The number of hydrogen-bond acceptors (Lipinski definition) is 6. The molecule has 0 aromatic carbocycles. The maximum Gasteiger partial charge on any atom is 0.350 e. The molecule has 0 unspecified atom stereocenters. The van der Waals surface area contributed by atoms with Crippen molar-refractivity contribution in [3.8, 4) is 15.5 Å². The summed E-state index contributed by atoms with van der Waals surface area (Å²) in [5.41, 5.74) is 7.58. The minimum atomic E-state index is -0.382. The zero-order chi connectivity index (χ0) is 14.0. The number of thiophene rings is 2. The van der Waals surface area contributed by atoms with Gasteiger partial charge in [-0.15, -0.1) is 22.7 Å². The number of carbonyl (C=O) groups excluding carboxylic acids is 1. The van der Waals surface area contributed by atoms with E-state index in [0.717, 1.165) is 27.5 Å². The fraction of sp³-hybridized carbons (Fsp3) is 0.308. The van der Waals surface area contributed by atoms with Gasteiger partial charge in [0.25, 0.3) is 0 Å². The predicted molar refractivity (Wildman–Crippen MR) is 79.3 cm³/mol. The van der Waals surface area contributed by atoms with Crippen molar-refractivity contribution >= 4 is 34.3 Å². The Bertz CT molecular complexity index is 601.